The van der Waals surface area contributed by atoms with Crippen LogP contribution in [0.4, 0.5) is 5.95 Å². The fourth-order valence-electron chi connectivity index (χ4n) is 3.78. The summed E-state index contributed by atoms with van der Waals surface area (Å²) in [6, 6.07) is 14.7. The Balaban J connectivity index is 1.44. The van der Waals surface area contributed by atoms with Crippen molar-refractivity contribution in [2.75, 3.05) is 5.32 Å². The molecule has 0 spiro atoms. The van der Waals surface area contributed by atoms with E-state index < -0.39 is 5.69 Å². The third-order valence-electron chi connectivity index (χ3n) is 5.58. The smallest absolute Gasteiger partial charge is 0.326 e. The number of nitrogens with zero attached hydrogens (tertiary/aromatic N) is 5. The maximum Gasteiger partial charge on any atom is 0.326 e. The number of benzene rings is 2. The summed E-state index contributed by atoms with van der Waals surface area (Å²) in [6.45, 7) is 0.541. The van der Waals surface area contributed by atoms with Crippen LogP contribution in [-0.2, 0) is 6.54 Å². The number of anilines is 1. The number of aromatic amines is 2. The molecule has 1 aliphatic rings. The van der Waals surface area contributed by atoms with E-state index in [9.17, 15) is 9.90 Å². The second kappa shape index (κ2) is 7.59. The lowest BCUT2D eigenvalue weighted by Crippen LogP contribution is -2.24. The molecule has 0 unspecified atom stereocenters. The lowest BCUT2D eigenvalue weighted by Gasteiger charge is -2.08. The van der Waals surface area contributed by atoms with Gasteiger partial charge in [-0.2, -0.15) is 19.6 Å². The molecule has 0 amide bonds. The van der Waals surface area contributed by atoms with Crippen molar-refractivity contribution in [3.05, 3.63) is 81.2 Å². The molecule has 164 valence electrons. The zero-order valence-electron chi connectivity index (χ0n) is 17.5. The van der Waals surface area contributed by atoms with E-state index in [0.717, 1.165) is 18.4 Å². The minimum atomic E-state index is -0.494. The van der Waals surface area contributed by atoms with Gasteiger partial charge in [-0.05, 0) is 35.3 Å². The van der Waals surface area contributed by atoms with Crippen LogP contribution in [0.25, 0.3) is 22.5 Å². The van der Waals surface area contributed by atoms with Gasteiger partial charge in [0.15, 0.2) is 5.65 Å². The fourth-order valence-corrected chi connectivity index (χ4v) is 3.78. The largest absolute Gasteiger partial charge is 0.493 e. The predicted molar refractivity (Wildman–Crippen MR) is 123 cm³/mol. The molecule has 33 heavy (non-hydrogen) atoms. The van der Waals surface area contributed by atoms with Gasteiger partial charge >= 0.3 is 5.69 Å². The summed E-state index contributed by atoms with van der Waals surface area (Å²) in [5, 5.41) is 20.6. The monoisotopic (exact) mass is 440 g/mol. The van der Waals surface area contributed by atoms with Crippen LogP contribution >= 0.6 is 0 Å². The highest BCUT2D eigenvalue weighted by Gasteiger charge is 2.21. The second-order valence-corrected chi connectivity index (χ2v) is 8.02. The van der Waals surface area contributed by atoms with E-state index in [1.165, 1.54) is 10.8 Å². The van der Waals surface area contributed by atoms with Crippen molar-refractivity contribution < 1.29 is 5.11 Å². The first-order valence-corrected chi connectivity index (χ1v) is 10.7. The Morgan fingerprint density at radius 1 is 1.15 bits per heavy atom. The molecule has 0 saturated heterocycles. The summed E-state index contributed by atoms with van der Waals surface area (Å²) in [6.07, 6.45) is 5.28. The fraction of sp³-hybridized carbons (Fsp3) is 0.174. The molecule has 1 fully saturated rings. The molecule has 5 aromatic rings. The minimum Gasteiger partial charge on any atom is -0.493 e. The number of aromatic hydroxyl groups is 1. The first-order chi connectivity index (χ1) is 16.1. The van der Waals surface area contributed by atoms with Crippen LogP contribution in [0.15, 0.2) is 58.4 Å². The highest BCUT2D eigenvalue weighted by atomic mass is 16.3. The van der Waals surface area contributed by atoms with Gasteiger partial charge in [0, 0.05) is 11.8 Å². The Labute approximate surface area is 186 Å². The molecule has 0 bridgehead atoms. The summed E-state index contributed by atoms with van der Waals surface area (Å²) in [7, 11) is 0. The number of hydrogen-bond donors (Lipinski definition) is 4. The Hall–Kier alpha value is -4.47. The van der Waals surface area contributed by atoms with Crippen molar-refractivity contribution in [1.82, 2.24) is 29.5 Å². The van der Waals surface area contributed by atoms with Crippen molar-refractivity contribution >= 4 is 28.4 Å². The number of aromatic nitrogens is 6. The number of fused-ring (bicyclic) bond motifs is 2. The van der Waals surface area contributed by atoms with Gasteiger partial charge in [-0.1, -0.05) is 42.5 Å². The van der Waals surface area contributed by atoms with E-state index in [2.05, 4.69) is 59.6 Å². The quantitative estimate of drug-likeness (QED) is 0.324. The highest BCUT2D eigenvalue weighted by molar-refractivity contribution is 5.85. The normalized spacial score (nSPS) is 15.0. The van der Waals surface area contributed by atoms with Gasteiger partial charge in [-0.25, -0.2) is 9.79 Å². The summed E-state index contributed by atoms with van der Waals surface area (Å²) in [5.41, 5.74) is 1.87. The highest BCUT2D eigenvalue weighted by Crippen LogP contribution is 2.22. The van der Waals surface area contributed by atoms with Gasteiger partial charge in [0.05, 0.1) is 12.2 Å². The third kappa shape index (κ3) is 3.71. The summed E-state index contributed by atoms with van der Waals surface area (Å²) in [4.78, 5) is 30.3. The zero-order valence-corrected chi connectivity index (χ0v) is 17.5. The van der Waals surface area contributed by atoms with E-state index >= 15 is 0 Å². The van der Waals surface area contributed by atoms with Crippen LogP contribution in [0.2, 0.25) is 0 Å². The molecule has 0 radical (unpaired) electrons. The molecule has 3 aromatic heterocycles. The Kier molecular flexibility index (Phi) is 4.42. The van der Waals surface area contributed by atoms with Crippen molar-refractivity contribution in [3.63, 3.8) is 0 Å². The molecular formula is C23H20N8O2. The van der Waals surface area contributed by atoms with Crippen molar-refractivity contribution in [2.45, 2.75) is 25.4 Å². The van der Waals surface area contributed by atoms with E-state index in [0.29, 0.717) is 29.0 Å². The van der Waals surface area contributed by atoms with Crippen LogP contribution in [0, 0.1) is 0 Å². The number of rotatable bonds is 5. The molecule has 2 aromatic carbocycles. The lowest BCUT2D eigenvalue weighted by molar-refractivity contribution is 0.454. The van der Waals surface area contributed by atoms with Crippen LogP contribution in [0.3, 0.4) is 0 Å². The van der Waals surface area contributed by atoms with Crippen molar-refractivity contribution in [1.29, 1.82) is 0 Å². The van der Waals surface area contributed by atoms with Crippen LogP contribution in [0.5, 0.6) is 5.88 Å². The molecule has 10 nitrogen and oxygen atoms in total. The average molecular weight is 440 g/mol. The van der Waals surface area contributed by atoms with Crippen molar-refractivity contribution in [2.24, 2.45) is 4.99 Å². The maximum absolute atomic E-state index is 11.5. The van der Waals surface area contributed by atoms with Crippen LogP contribution < -0.4 is 21.8 Å². The summed E-state index contributed by atoms with van der Waals surface area (Å²) < 4.78 is 1.58. The summed E-state index contributed by atoms with van der Waals surface area (Å²) >= 11 is 0. The molecule has 10 heteroatoms. The third-order valence-corrected chi connectivity index (χ3v) is 5.58. The van der Waals surface area contributed by atoms with Gasteiger partial charge in [-0.15, -0.1) is 0 Å². The van der Waals surface area contributed by atoms with E-state index in [1.807, 2.05) is 18.2 Å². The first-order valence-electron chi connectivity index (χ1n) is 10.7. The SMILES string of the molecule is O=c1[nH]c(O)c(/C=c2/cnn3c(=NC4CC4)nc(NCc4cccc5ccccc45)nc23)[nH]1. The van der Waals surface area contributed by atoms with E-state index in [4.69, 9.17) is 0 Å². The molecule has 6 rings (SSSR count). The van der Waals surface area contributed by atoms with Gasteiger partial charge in [0.1, 0.15) is 5.69 Å². The molecule has 0 aliphatic heterocycles. The number of hydrogen-bond acceptors (Lipinski definition) is 7. The average Bonchev–Trinajstić information content (AvgIpc) is 3.46. The van der Waals surface area contributed by atoms with Gasteiger partial charge < -0.3 is 15.4 Å². The molecule has 3 heterocycles. The van der Waals surface area contributed by atoms with E-state index in [1.54, 1.807) is 16.8 Å². The Morgan fingerprint density at radius 3 is 2.82 bits per heavy atom. The Morgan fingerprint density at radius 2 is 2.00 bits per heavy atom. The van der Waals surface area contributed by atoms with Gasteiger partial charge in [0.2, 0.25) is 11.8 Å². The number of imidazole rings is 1. The number of H-pyrrole nitrogens is 2. The molecule has 1 aliphatic carbocycles. The summed E-state index contributed by atoms with van der Waals surface area (Å²) in [5.74, 6) is 0.183. The van der Waals surface area contributed by atoms with Crippen LogP contribution in [0.1, 0.15) is 24.1 Å². The van der Waals surface area contributed by atoms with Crippen molar-refractivity contribution in [3.8, 4) is 5.88 Å². The minimum absolute atomic E-state index is 0.245. The molecule has 1 saturated carbocycles. The predicted octanol–water partition coefficient (Wildman–Crippen LogP) is 1.22. The van der Waals surface area contributed by atoms with Crippen LogP contribution in [-0.4, -0.2) is 40.7 Å². The van der Waals surface area contributed by atoms with E-state index in [-0.39, 0.29) is 17.6 Å². The molecular weight excluding hydrogens is 420 g/mol. The molecule has 4 N–H and O–H groups in total. The van der Waals surface area contributed by atoms with Gasteiger partial charge in [-0.3, -0.25) is 4.98 Å². The first kappa shape index (κ1) is 19.2. The maximum atomic E-state index is 11.5. The lowest BCUT2D eigenvalue weighted by atomic mass is 10.0. The topological polar surface area (TPSA) is 136 Å². The number of nitrogens with one attached hydrogen (secondary N) is 3. The molecule has 0 atom stereocenters. The second-order valence-electron chi connectivity index (χ2n) is 8.02. The van der Waals surface area contributed by atoms with Gasteiger partial charge in [0.25, 0.3) is 5.62 Å². The zero-order chi connectivity index (χ0) is 22.4. The standard InChI is InChI=1S/C23H20N8O2/c32-20-18(27-23(33)29-20)10-15-12-25-31-19(15)28-21(30-22(31)26-16-8-9-16)24-11-14-6-3-5-13-4-1-2-7-17(13)14/h1-7,10,12,16,32H,8-9,11H2,(H,24,26,30)(H2,27,29,33)/b15-10-. The Bertz CT molecular complexity index is 1670.